The van der Waals surface area contributed by atoms with Gasteiger partial charge in [0.25, 0.3) is 0 Å². The molecule has 0 aliphatic carbocycles. The summed E-state index contributed by atoms with van der Waals surface area (Å²) in [6.07, 6.45) is 3.34. The zero-order valence-electron chi connectivity index (χ0n) is 11.3. The van der Waals surface area contributed by atoms with Crippen molar-refractivity contribution in [2.75, 3.05) is 5.75 Å². The number of nitrogens with zero attached hydrogens (tertiary/aromatic N) is 3. The fraction of sp³-hybridized carbons (Fsp3) is 0.214. The van der Waals surface area contributed by atoms with Crippen molar-refractivity contribution in [3.8, 4) is 0 Å². The molecule has 0 saturated carbocycles. The summed E-state index contributed by atoms with van der Waals surface area (Å²) in [7, 11) is 0. The summed E-state index contributed by atoms with van der Waals surface area (Å²) >= 11 is 1.31. The topological polar surface area (TPSA) is 59.8 Å². The Morgan fingerprint density at radius 3 is 2.90 bits per heavy atom. The largest absolute Gasteiger partial charge is 0.351 e. The van der Waals surface area contributed by atoms with Crippen LogP contribution in [0.2, 0.25) is 0 Å². The van der Waals surface area contributed by atoms with Crippen LogP contribution in [0.5, 0.6) is 0 Å². The molecule has 21 heavy (non-hydrogen) atoms. The number of hydrogen-bond acceptors (Lipinski definition) is 4. The van der Waals surface area contributed by atoms with Crippen LogP contribution < -0.4 is 5.32 Å². The standard InChI is InChI=1S/C14H15FN4OS/c1-2-7-19-10-17-18-14(19)21-9-13(20)16-8-11-3-5-12(15)6-4-11/h2-6,10H,1,7-9H2,(H,16,20). The van der Waals surface area contributed by atoms with E-state index < -0.39 is 0 Å². The fourth-order valence-corrected chi connectivity index (χ4v) is 2.36. The van der Waals surface area contributed by atoms with Gasteiger partial charge in [-0.15, -0.1) is 16.8 Å². The highest BCUT2D eigenvalue weighted by molar-refractivity contribution is 7.99. The predicted octanol–water partition coefficient (Wildman–Crippen LogP) is 2.01. The molecule has 0 aliphatic heterocycles. The van der Waals surface area contributed by atoms with Gasteiger partial charge in [0.15, 0.2) is 5.16 Å². The third-order valence-electron chi connectivity index (χ3n) is 2.64. The highest BCUT2D eigenvalue weighted by Crippen LogP contribution is 2.14. The second-order valence-electron chi connectivity index (χ2n) is 4.25. The molecule has 2 aromatic rings. The molecule has 5 nitrogen and oxygen atoms in total. The number of carbonyl (C=O) groups excluding carboxylic acids is 1. The second-order valence-corrected chi connectivity index (χ2v) is 5.19. The van der Waals surface area contributed by atoms with Gasteiger partial charge in [0.1, 0.15) is 12.1 Å². The van der Waals surface area contributed by atoms with E-state index in [0.717, 1.165) is 5.56 Å². The zero-order valence-corrected chi connectivity index (χ0v) is 12.1. The molecule has 1 aromatic heterocycles. The molecule has 1 aromatic carbocycles. The average Bonchev–Trinajstić information content (AvgIpc) is 2.92. The average molecular weight is 306 g/mol. The van der Waals surface area contributed by atoms with Crippen molar-refractivity contribution in [1.29, 1.82) is 0 Å². The number of hydrogen-bond donors (Lipinski definition) is 1. The first-order valence-corrected chi connectivity index (χ1v) is 7.30. The highest BCUT2D eigenvalue weighted by atomic mass is 32.2. The highest BCUT2D eigenvalue weighted by Gasteiger charge is 2.08. The summed E-state index contributed by atoms with van der Waals surface area (Å²) in [6, 6.07) is 6.02. The van der Waals surface area contributed by atoms with E-state index in [4.69, 9.17) is 0 Å². The Hall–Kier alpha value is -2.15. The molecule has 0 saturated heterocycles. The van der Waals surface area contributed by atoms with E-state index in [0.29, 0.717) is 18.2 Å². The van der Waals surface area contributed by atoms with Crippen LogP contribution in [0.25, 0.3) is 0 Å². The molecular formula is C14H15FN4OS. The minimum Gasteiger partial charge on any atom is -0.351 e. The molecule has 1 heterocycles. The third-order valence-corrected chi connectivity index (χ3v) is 3.62. The van der Waals surface area contributed by atoms with Crippen molar-refractivity contribution >= 4 is 17.7 Å². The Morgan fingerprint density at radius 2 is 2.19 bits per heavy atom. The Morgan fingerprint density at radius 1 is 1.43 bits per heavy atom. The number of carbonyl (C=O) groups is 1. The van der Waals surface area contributed by atoms with Gasteiger partial charge in [-0.25, -0.2) is 4.39 Å². The lowest BCUT2D eigenvalue weighted by molar-refractivity contribution is -0.118. The molecule has 110 valence electrons. The van der Waals surface area contributed by atoms with Crippen LogP contribution in [0.1, 0.15) is 5.56 Å². The molecule has 7 heteroatoms. The molecule has 1 amide bonds. The van der Waals surface area contributed by atoms with E-state index in [1.54, 1.807) is 24.5 Å². The van der Waals surface area contributed by atoms with Gasteiger partial charge >= 0.3 is 0 Å². The number of nitrogens with one attached hydrogen (secondary N) is 1. The summed E-state index contributed by atoms with van der Waals surface area (Å²) < 4.78 is 14.6. The van der Waals surface area contributed by atoms with Gasteiger partial charge in [-0.3, -0.25) is 4.79 Å². The van der Waals surface area contributed by atoms with Gasteiger partial charge in [0, 0.05) is 13.1 Å². The summed E-state index contributed by atoms with van der Waals surface area (Å²) in [4.78, 5) is 11.8. The van der Waals surface area contributed by atoms with Crippen molar-refractivity contribution in [2.45, 2.75) is 18.2 Å². The minimum absolute atomic E-state index is 0.113. The van der Waals surface area contributed by atoms with Gasteiger partial charge in [0.05, 0.1) is 5.75 Å². The molecule has 0 fully saturated rings. The fourth-order valence-electron chi connectivity index (χ4n) is 1.60. The molecule has 0 aliphatic rings. The lowest BCUT2D eigenvalue weighted by Crippen LogP contribution is -2.24. The number of aromatic nitrogens is 3. The molecule has 0 radical (unpaired) electrons. The first-order chi connectivity index (χ1) is 10.2. The van der Waals surface area contributed by atoms with Gasteiger partial charge in [-0.1, -0.05) is 30.0 Å². The van der Waals surface area contributed by atoms with Crippen LogP contribution in [-0.2, 0) is 17.9 Å². The number of allylic oxidation sites excluding steroid dienone is 1. The van der Waals surface area contributed by atoms with Crippen LogP contribution in [0.15, 0.2) is 48.4 Å². The minimum atomic E-state index is -0.290. The van der Waals surface area contributed by atoms with Crippen LogP contribution in [0, 0.1) is 5.82 Å². The Labute approximate surface area is 126 Å². The summed E-state index contributed by atoms with van der Waals surface area (Å²) in [6.45, 7) is 4.63. The van der Waals surface area contributed by atoms with Gasteiger partial charge in [-0.05, 0) is 17.7 Å². The van der Waals surface area contributed by atoms with Crippen LogP contribution in [0.3, 0.4) is 0 Å². The normalized spacial score (nSPS) is 10.3. The van der Waals surface area contributed by atoms with E-state index in [2.05, 4.69) is 22.1 Å². The van der Waals surface area contributed by atoms with E-state index in [1.807, 2.05) is 4.57 Å². The molecule has 2 rings (SSSR count). The molecule has 1 N–H and O–H groups in total. The van der Waals surface area contributed by atoms with Crippen LogP contribution in [-0.4, -0.2) is 26.4 Å². The van der Waals surface area contributed by atoms with Crippen molar-refractivity contribution in [2.24, 2.45) is 0 Å². The lowest BCUT2D eigenvalue weighted by atomic mass is 10.2. The van der Waals surface area contributed by atoms with Crippen molar-refractivity contribution in [3.63, 3.8) is 0 Å². The molecular weight excluding hydrogens is 291 g/mol. The number of rotatable bonds is 7. The molecule has 0 bridgehead atoms. The predicted molar refractivity (Wildman–Crippen MR) is 79.2 cm³/mol. The number of benzene rings is 1. The first-order valence-electron chi connectivity index (χ1n) is 6.31. The Balaban J connectivity index is 1.78. The number of thioether (sulfide) groups is 1. The summed E-state index contributed by atoms with van der Waals surface area (Å²) in [5.74, 6) is -0.156. The third kappa shape index (κ3) is 4.71. The Kier molecular flexibility index (Phi) is 5.51. The van der Waals surface area contributed by atoms with Gasteiger partial charge in [-0.2, -0.15) is 0 Å². The number of halogens is 1. The van der Waals surface area contributed by atoms with Gasteiger partial charge < -0.3 is 9.88 Å². The van der Waals surface area contributed by atoms with E-state index >= 15 is 0 Å². The maximum absolute atomic E-state index is 12.8. The van der Waals surface area contributed by atoms with Crippen LogP contribution >= 0.6 is 11.8 Å². The quantitative estimate of drug-likeness (QED) is 0.628. The van der Waals surface area contributed by atoms with Crippen molar-refractivity contribution in [1.82, 2.24) is 20.1 Å². The van der Waals surface area contributed by atoms with E-state index in [1.165, 1.54) is 23.9 Å². The number of amides is 1. The first kappa shape index (κ1) is 15.2. The lowest BCUT2D eigenvalue weighted by Gasteiger charge is -2.05. The van der Waals surface area contributed by atoms with Crippen molar-refractivity contribution in [3.05, 3.63) is 54.6 Å². The summed E-state index contributed by atoms with van der Waals surface area (Å²) in [5.41, 5.74) is 0.851. The second kappa shape index (κ2) is 7.58. The smallest absolute Gasteiger partial charge is 0.230 e. The van der Waals surface area contributed by atoms with E-state index in [-0.39, 0.29) is 17.5 Å². The van der Waals surface area contributed by atoms with Crippen LogP contribution in [0.4, 0.5) is 4.39 Å². The molecule has 0 spiro atoms. The van der Waals surface area contributed by atoms with Crippen molar-refractivity contribution < 1.29 is 9.18 Å². The molecule has 0 atom stereocenters. The summed E-state index contributed by atoms with van der Waals surface area (Å²) in [5, 5.41) is 11.2. The SMILES string of the molecule is C=CCn1cnnc1SCC(=O)NCc1ccc(F)cc1. The van der Waals surface area contributed by atoms with Gasteiger partial charge in [0.2, 0.25) is 5.91 Å². The zero-order chi connectivity index (χ0) is 15.1. The monoisotopic (exact) mass is 306 g/mol. The van der Waals surface area contributed by atoms with E-state index in [9.17, 15) is 9.18 Å². The maximum atomic E-state index is 12.8. The molecule has 0 unspecified atom stereocenters. The Bertz CT molecular complexity index is 612. The maximum Gasteiger partial charge on any atom is 0.230 e.